The van der Waals surface area contributed by atoms with E-state index in [2.05, 4.69) is 54.4 Å². The van der Waals surface area contributed by atoms with Crippen LogP contribution in [0.4, 0.5) is 5.82 Å². The highest BCUT2D eigenvalue weighted by Gasteiger charge is 2.42. The van der Waals surface area contributed by atoms with Gasteiger partial charge < -0.3 is 24.6 Å². The van der Waals surface area contributed by atoms with Gasteiger partial charge in [-0.3, -0.25) is 4.79 Å². The van der Waals surface area contributed by atoms with Crippen molar-refractivity contribution in [2.45, 2.75) is 51.1 Å². The fourth-order valence-corrected chi connectivity index (χ4v) is 7.42. The second-order valence-corrected chi connectivity index (χ2v) is 12.2. The Kier molecular flexibility index (Phi) is 7.84. The molecule has 230 valence electrons. The van der Waals surface area contributed by atoms with Gasteiger partial charge in [-0.05, 0) is 80.0 Å². The zero-order valence-electron chi connectivity index (χ0n) is 25.7. The van der Waals surface area contributed by atoms with Crippen LogP contribution in [0.2, 0.25) is 0 Å². The molecule has 1 spiro atoms. The first kappa shape index (κ1) is 28.6. The molecule has 4 heterocycles. The van der Waals surface area contributed by atoms with Crippen molar-refractivity contribution in [3.05, 3.63) is 71.7 Å². The van der Waals surface area contributed by atoms with E-state index in [1.165, 1.54) is 11.1 Å². The third-order valence-electron chi connectivity index (χ3n) is 9.72. The van der Waals surface area contributed by atoms with Gasteiger partial charge in [-0.1, -0.05) is 18.2 Å². The molecule has 10 nitrogen and oxygen atoms in total. The molecule has 1 saturated carbocycles. The summed E-state index contributed by atoms with van der Waals surface area (Å²) in [5, 5.41) is 9.42. The summed E-state index contributed by atoms with van der Waals surface area (Å²) in [5.74, 6) is 3.05. The lowest BCUT2D eigenvalue weighted by molar-refractivity contribution is -0.137. The molecule has 2 aliphatic heterocycles. The molecule has 4 aromatic rings. The largest absolute Gasteiger partial charge is 0.497 e. The van der Waals surface area contributed by atoms with Crippen molar-refractivity contribution >= 4 is 22.8 Å². The Labute approximate surface area is 258 Å². The van der Waals surface area contributed by atoms with Gasteiger partial charge in [0.1, 0.15) is 23.6 Å². The topological polar surface area (TPSA) is 97.6 Å². The van der Waals surface area contributed by atoms with Gasteiger partial charge in [0.2, 0.25) is 5.91 Å². The van der Waals surface area contributed by atoms with Gasteiger partial charge in [0.05, 0.1) is 31.8 Å². The zero-order chi connectivity index (χ0) is 30.1. The molecule has 1 saturated heterocycles. The molecule has 1 amide bonds. The third kappa shape index (κ3) is 5.36. The highest BCUT2D eigenvalue weighted by Crippen LogP contribution is 2.44. The van der Waals surface area contributed by atoms with Crippen LogP contribution in [-0.4, -0.2) is 77.0 Å². The molecular formula is C34H41N7O3. The fraction of sp³-hybridized carbons (Fsp3) is 0.471. The Morgan fingerprint density at radius 3 is 2.68 bits per heavy atom. The number of rotatable bonds is 7. The molecule has 0 bridgehead atoms. The van der Waals surface area contributed by atoms with E-state index in [0.717, 1.165) is 85.7 Å². The number of nitrogens with one attached hydrogen (secondary N) is 1. The van der Waals surface area contributed by atoms with E-state index in [-0.39, 0.29) is 11.5 Å². The molecule has 1 aliphatic carbocycles. The summed E-state index contributed by atoms with van der Waals surface area (Å²) in [6.45, 7) is 7.07. The predicted molar refractivity (Wildman–Crippen MR) is 169 cm³/mol. The first-order valence-corrected chi connectivity index (χ1v) is 15.9. The minimum Gasteiger partial charge on any atom is -0.497 e. The maximum atomic E-state index is 13.7. The van der Waals surface area contributed by atoms with E-state index in [9.17, 15) is 4.79 Å². The van der Waals surface area contributed by atoms with E-state index in [1.54, 1.807) is 13.4 Å². The van der Waals surface area contributed by atoms with Crippen LogP contribution in [0.3, 0.4) is 0 Å². The minimum atomic E-state index is -0.0236. The molecule has 7 rings (SSSR count). The first-order valence-electron chi connectivity index (χ1n) is 15.9. The summed E-state index contributed by atoms with van der Waals surface area (Å²) >= 11 is 0. The molecule has 0 unspecified atom stereocenters. The second-order valence-electron chi connectivity index (χ2n) is 12.2. The number of benzene rings is 2. The highest BCUT2D eigenvalue weighted by molar-refractivity contribution is 5.87. The lowest BCUT2D eigenvalue weighted by Gasteiger charge is -2.46. The minimum absolute atomic E-state index is 0.0236. The van der Waals surface area contributed by atoms with Crippen molar-refractivity contribution in [1.29, 1.82) is 0 Å². The number of hydrogen-bond donors (Lipinski definition) is 1. The number of carbonyl (C=O) groups excluding carboxylic acids is 1. The van der Waals surface area contributed by atoms with Gasteiger partial charge in [-0.15, -0.1) is 0 Å². The number of amides is 1. The Balaban J connectivity index is 0.980. The van der Waals surface area contributed by atoms with Crippen LogP contribution in [0, 0.1) is 5.92 Å². The number of hydrogen-bond acceptors (Lipinski definition) is 8. The molecule has 3 aliphatic rings. The molecule has 0 atom stereocenters. The van der Waals surface area contributed by atoms with E-state index in [1.807, 2.05) is 36.0 Å². The maximum Gasteiger partial charge on any atom is 0.225 e. The molecule has 0 radical (unpaired) electrons. The van der Waals surface area contributed by atoms with Crippen molar-refractivity contribution < 1.29 is 14.3 Å². The van der Waals surface area contributed by atoms with Gasteiger partial charge in [-0.25, -0.2) is 14.6 Å². The fourth-order valence-electron chi connectivity index (χ4n) is 7.42. The van der Waals surface area contributed by atoms with Crippen LogP contribution in [0.1, 0.15) is 49.3 Å². The number of carbonyl (C=O) groups is 1. The quantitative estimate of drug-likeness (QED) is 0.340. The van der Waals surface area contributed by atoms with Gasteiger partial charge in [0.25, 0.3) is 0 Å². The maximum absolute atomic E-state index is 13.7. The summed E-state index contributed by atoms with van der Waals surface area (Å²) in [5.41, 5.74) is 4.66. The average Bonchev–Trinajstić information content (AvgIpc) is 3.48. The Hall–Kier alpha value is -4.18. The summed E-state index contributed by atoms with van der Waals surface area (Å²) in [6.07, 6.45) is 8.30. The van der Waals surface area contributed by atoms with Gasteiger partial charge >= 0.3 is 0 Å². The number of fused-ring (bicyclic) bond motifs is 3. The normalized spacial score (nSPS) is 21.8. The molecule has 2 fully saturated rings. The monoisotopic (exact) mass is 595 g/mol. The van der Waals surface area contributed by atoms with Crippen LogP contribution in [-0.2, 0) is 23.3 Å². The summed E-state index contributed by atoms with van der Waals surface area (Å²) in [4.78, 5) is 27.2. The molecule has 2 aromatic carbocycles. The molecular weight excluding hydrogens is 554 g/mol. The number of aromatic nitrogens is 4. The lowest BCUT2D eigenvalue weighted by Crippen LogP contribution is -2.53. The number of anilines is 1. The first-order chi connectivity index (χ1) is 21.6. The third-order valence-corrected chi connectivity index (χ3v) is 9.72. The van der Waals surface area contributed by atoms with E-state index >= 15 is 0 Å². The summed E-state index contributed by atoms with van der Waals surface area (Å²) < 4.78 is 13.1. The Bertz CT molecular complexity index is 1640. The Morgan fingerprint density at radius 2 is 1.89 bits per heavy atom. The van der Waals surface area contributed by atoms with Gasteiger partial charge in [0.15, 0.2) is 5.65 Å². The summed E-state index contributed by atoms with van der Waals surface area (Å²) in [7, 11) is 1.73. The SMILES string of the molecule is CCOc1cccc(Cn2ncc3c(N4CCN(C(=O)[C@H]5CC[C@]6(CC5)NCCc5cc(OC)ccc56)CC4)ncnc32)c1. The van der Waals surface area contributed by atoms with Crippen LogP contribution in [0.5, 0.6) is 11.5 Å². The van der Waals surface area contributed by atoms with E-state index in [4.69, 9.17) is 9.47 Å². The lowest BCUT2D eigenvalue weighted by atomic mass is 9.69. The van der Waals surface area contributed by atoms with E-state index in [0.29, 0.717) is 32.1 Å². The molecule has 1 N–H and O–H groups in total. The van der Waals surface area contributed by atoms with Gasteiger partial charge in [-0.2, -0.15) is 5.10 Å². The smallest absolute Gasteiger partial charge is 0.225 e. The number of piperazine rings is 1. The zero-order valence-corrected chi connectivity index (χ0v) is 25.7. The molecule has 2 aromatic heterocycles. The van der Waals surface area contributed by atoms with Crippen LogP contribution < -0.4 is 19.7 Å². The van der Waals surface area contributed by atoms with Crippen molar-refractivity contribution in [1.82, 2.24) is 30.0 Å². The average molecular weight is 596 g/mol. The van der Waals surface area contributed by atoms with Crippen molar-refractivity contribution in [2.75, 3.05) is 51.3 Å². The number of nitrogens with zero attached hydrogens (tertiary/aromatic N) is 6. The number of ether oxygens (including phenoxy) is 2. The van der Waals surface area contributed by atoms with Gasteiger partial charge in [0, 0.05) is 44.2 Å². The highest BCUT2D eigenvalue weighted by atomic mass is 16.5. The van der Waals surface area contributed by atoms with Crippen LogP contribution >= 0.6 is 0 Å². The van der Waals surface area contributed by atoms with Crippen LogP contribution in [0.25, 0.3) is 11.0 Å². The Morgan fingerprint density at radius 1 is 1.05 bits per heavy atom. The molecule has 10 heteroatoms. The predicted octanol–water partition coefficient (Wildman–Crippen LogP) is 4.16. The van der Waals surface area contributed by atoms with Crippen LogP contribution in [0.15, 0.2) is 55.0 Å². The number of methoxy groups -OCH3 is 1. The van der Waals surface area contributed by atoms with E-state index < -0.39 is 0 Å². The molecule has 44 heavy (non-hydrogen) atoms. The van der Waals surface area contributed by atoms with Crippen molar-refractivity contribution in [3.8, 4) is 11.5 Å². The van der Waals surface area contributed by atoms with Crippen molar-refractivity contribution in [3.63, 3.8) is 0 Å². The van der Waals surface area contributed by atoms with Crippen molar-refractivity contribution in [2.24, 2.45) is 5.92 Å². The summed E-state index contributed by atoms with van der Waals surface area (Å²) in [6, 6.07) is 14.6. The second kappa shape index (κ2) is 12.1. The standard InChI is InChI=1S/C34H41N7O3/c1-3-44-28-6-4-5-24(19-28)22-41-32-29(21-38-41)31(35-23-36-32)39-15-17-40(18-16-39)33(42)25-9-12-34(13-10-25)30-8-7-27(43-2)20-26(30)11-14-37-34/h4-8,19-21,23,25,37H,3,9-18,22H2,1-2H3/t25-,34+.